The van der Waals surface area contributed by atoms with E-state index in [0.717, 1.165) is 0 Å². The molecule has 0 aliphatic carbocycles. The molecule has 0 fully saturated rings. The average molecular weight is 300 g/mol. The van der Waals surface area contributed by atoms with Crippen LogP contribution in [0.1, 0.15) is 0 Å². The number of hydrogen-bond donors (Lipinski definition) is 0. The van der Waals surface area contributed by atoms with Gasteiger partial charge >= 0.3 is 0 Å². The highest BCUT2D eigenvalue weighted by Gasteiger charge is 2.17. The monoisotopic (exact) mass is 300 g/mol. The third-order valence-corrected chi connectivity index (χ3v) is 4.43. The fraction of sp³-hybridized carbons (Fsp3) is 0. The molecule has 0 bridgehead atoms. The van der Waals surface area contributed by atoms with Crippen LogP contribution in [0, 0.1) is 0 Å². The summed E-state index contributed by atoms with van der Waals surface area (Å²) in [4.78, 5) is 27.1. The minimum absolute atomic E-state index is 0.0685. The molecule has 2 rings (SSSR count). The maximum absolute atomic E-state index is 12.4. The van der Waals surface area contributed by atoms with E-state index in [4.69, 9.17) is 0 Å². The normalized spacial score (nSPS) is 10.3. The molecule has 7 heteroatoms. The third-order valence-electron chi connectivity index (χ3n) is 2.64. The van der Waals surface area contributed by atoms with E-state index in [-0.39, 0.29) is 9.79 Å². The molecule has 2 aromatic carbocycles. The zero-order chi connectivity index (χ0) is 15.3. The predicted octanol–water partition coefficient (Wildman–Crippen LogP) is 2.45. The Hall–Kier alpha value is -2.85. The second-order valence-electron chi connectivity index (χ2n) is 3.90. The van der Waals surface area contributed by atoms with Crippen molar-refractivity contribution >= 4 is 33.4 Å². The molecular weight excluding hydrogens is 292 g/mol. The molecular formula is C14H8N2O4S. The molecule has 6 nitrogen and oxygen atoms in total. The first-order valence-electron chi connectivity index (χ1n) is 5.69. The number of benzene rings is 2. The Morgan fingerprint density at radius 2 is 1.00 bits per heavy atom. The first-order valence-corrected chi connectivity index (χ1v) is 7.17. The summed E-state index contributed by atoms with van der Waals surface area (Å²) in [6.07, 6.45) is 2.75. The van der Waals surface area contributed by atoms with Crippen molar-refractivity contribution in [3.05, 3.63) is 48.5 Å². The van der Waals surface area contributed by atoms with E-state index in [9.17, 15) is 18.0 Å². The highest BCUT2D eigenvalue weighted by atomic mass is 32.2. The van der Waals surface area contributed by atoms with E-state index < -0.39 is 9.84 Å². The van der Waals surface area contributed by atoms with Gasteiger partial charge in [-0.3, -0.25) is 0 Å². The summed E-state index contributed by atoms with van der Waals surface area (Å²) in [7, 11) is -3.68. The molecule has 0 N–H and O–H groups in total. The van der Waals surface area contributed by atoms with Crippen LogP contribution in [0.2, 0.25) is 0 Å². The molecule has 2 aromatic rings. The molecule has 0 spiro atoms. The fourth-order valence-electron chi connectivity index (χ4n) is 1.64. The maximum atomic E-state index is 12.4. The van der Waals surface area contributed by atoms with Crippen molar-refractivity contribution in [2.24, 2.45) is 9.98 Å². The van der Waals surface area contributed by atoms with Crippen molar-refractivity contribution in [3.63, 3.8) is 0 Å². The molecule has 0 saturated carbocycles. The van der Waals surface area contributed by atoms with Gasteiger partial charge in [-0.05, 0) is 48.5 Å². The van der Waals surface area contributed by atoms with Crippen LogP contribution < -0.4 is 0 Å². The highest BCUT2D eigenvalue weighted by molar-refractivity contribution is 7.91. The van der Waals surface area contributed by atoms with Crippen LogP contribution in [0.4, 0.5) is 11.4 Å². The Morgan fingerprint density at radius 1 is 0.667 bits per heavy atom. The Bertz CT molecular complexity index is 775. The first-order chi connectivity index (χ1) is 10.1. The molecule has 0 aliphatic rings. The largest absolute Gasteiger partial charge is 0.240 e. The molecule has 0 aliphatic heterocycles. The average Bonchev–Trinajstić information content (AvgIpc) is 2.49. The third kappa shape index (κ3) is 3.19. The molecule has 0 saturated heterocycles. The minimum atomic E-state index is -3.68. The van der Waals surface area contributed by atoms with Crippen molar-refractivity contribution in [2.75, 3.05) is 0 Å². The van der Waals surface area contributed by atoms with E-state index in [2.05, 4.69) is 9.98 Å². The standard InChI is InChI=1S/C14H8N2O4S/c17-9-15-11-1-5-13(6-2-11)21(19,20)14-7-3-12(4-8-14)16-10-18/h1-8H. The van der Waals surface area contributed by atoms with Gasteiger partial charge in [-0.1, -0.05) is 0 Å². The lowest BCUT2D eigenvalue weighted by atomic mass is 10.3. The lowest BCUT2D eigenvalue weighted by Gasteiger charge is -2.04. The van der Waals surface area contributed by atoms with Crippen molar-refractivity contribution in [1.29, 1.82) is 0 Å². The molecule has 0 atom stereocenters. The minimum Gasteiger partial charge on any atom is -0.219 e. The summed E-state index contributed by atoms with van der Waals surface area (Å²) < 4.78 is 24.7. The summed E-state index contributed by atoms with van der Waals surface area (Å²) in [6, 6.07) is 11.0. The van der Waals surface area contributed by atoms with Crippen LogP contribution in [0.5, 0.6) is 0 Å². The van der Waals surface area contributed by atoms with Crippen LogP contribution in [0.3, 0.4) is 0 Å². The van der Waals surface area contributed by atoms with E-state index in [1.807, 2.05) is 0 Å². The Kier molecular flexibility index (Phi) is 4.21. The van der Waals surface area contributed by atoms with Crippen molar-refractivity contribution in [1.82, 2.24) is 0 Å². The predicted molar refractivity (Wildman–Crippen MR) is 73.9 cm³/mol. The summed E-state index contributed by atoms with van der Waals surface area (Å²) in [6.45, 7) is 0. The Labute approximate surface area is 120 Å². The van der Waals surface area contributed by atoms with Gasteiger partial charge in [-0.2, -0.15) is 9.98 Å². The van der Waals surface area contributed by atoms with Gasteiger partial charge in [0.1, 0.15) is 0 Å². The van der Waals surface area contributed by atoms with E-state index in [1.165, 1.54) is 60.7 Å². The van der Waals surface area contributed by atoms with Crippen molar-refractivity contribution in [2.45, 2.75) is 9.79 Å². The van der Waals surface area contributed by atoms with Gasteiger partial charge in [0.15, 0.2) is 0 Å². The molecule has 0 heterocycles. The molecule has 0 radical (unpaired) electrons. The second kappa shape index (κ2) is 6.07. The summed E-state index contributed by atoms with van der Waals surface area (Å²) in [5.74, 6) is 0. The lowest BCUT2D eigenvalue weighted by Crippen LogP contribution is -2.01. The maximum Gasteiger partial charge on any atom is 0.240 e. The van der Waals surface area contributed by atoms with Gasteiger partial charge in [0.25, 0.3) is 0 Å². The van der Waals surface area contributed by atoms with Gasteiger partial charge in [0.2, 0.25) is 22.0 Å². The molecule has 104 valence electrons. The zero-order valence-corrected chi connectivity index (χ0v) is 11.4. The number of aliphatic imine (C=N–C) groups is 2. The van der Waals surface area contributed by atoms with Gasteiger partial charge in [-0.25, -0.2) is 18.0 Å². The van der Waals surface area contributed by atoms with Gasteiger partial charge in [0.05, 0.1) is 21.2 Å². The van der Waals surface area contributed by atoms with Gasteiger partial charge in [0, 0.05) is 0 Å². The molecule has 0 amide bonds. The van der Waals surface area contributed by atoms with Crippen LogP contribution >= 0.6 is 0 Å². The smallest absolute Gasteiger partial charge is 0.219 e. The lowest BCUT2D eigenvalue weighted by molar-refractivity contribution is 0.564. The number of hydrogen-bond acceptors (Lipinski definition) is 6. The number of nitrogens with zero attached hydrogens (tertiary/aromatic N) is 2. The quantitative estimate of drug-likeness (QED) is 0.640. The van der Waals surface area contributed by atoms with Gasteiger partial charge in [-0.15, -0.1) is 0 Å². The van der Waals surface area contributed by atoms with Crippen LogP contribution in [-0.4, -0.2) is 20.6 Å². The number of rotatable bonds is 4. The summed E-state index contributed by atoms with van der Waals surface area (Å²) >= 11 is 0. The number of sulfone groups is 1. The SMILES string of the molecule is O=C=Nc1ccc(S(=O)(=O)c2ccc(N=C=O)cc2)cc1. The summed E-state index contributed by atoms with van der Waals surface area (Å²) in [5, 5.41) is 0. The number of carbonyl (C=O) groups excluding carboxylic acids is 2. The number of isocyanates is 2. The van der Waals surface area contributed by atoms with E-state index in [1.54, 1.807) is 0 Å². The fourth-order valence-corrected chi connectivity index (χ4v) is 2.90. The van der Waals surface area contributed by atoms with Crippen LogP contribution in [0.15, 0.2) is 68.3 Å². The summed E-state index contributed by atoms with van der Waals surface area (Å²) in [5.41, 5.74) is 0.638. The Morgan fingerprint density at radius 3 is 1.29 bits per heavy atom. The van der Waals surface area contributed by atoms with Gasteiger partial charge < -0.3 is 0 Å². The van der Waals surface area contributed by atoms with E-state index >= 15 is 0 Å². The van der Waals surface area contributed by atoms with Crippen molar-refractivity contribution < 1.29 is 18.0 Å². The Balaban J connectivity index is 2.41. The molecule has 0 unspecified atom stereocenters. The van der Waals surface area contributed by atoms with Crippen molar-refractivity contribution in [3.8, 4) is 0 Å². The molecule has 0 aromatic heterocycles. The first kappa shape index (κ1) is 14.6. The second-order valence-corrected chi connectivity index (χ2v) is 5.85. The van der Waals surface area contributed by atoms with Crippen LogP contribution in [-0.2, 0) is 19.4 Å². The topological polar surface area (TPSA) is 93.0 Å². The molecule has 21 heavy (non-hydrogen) atoms. The zero-order valence-electron chi connectivity index (χ0n) is 10.6. The van der Waals surface area contributed by atoms with E-state index in [0.29, 0.717) is 11.4 Å². The van der Waals surface area contributed by atoms with Crippen LogP contribution in [0.25, 0.3) is 0 Å². The highest BCUT2D eigenvalue weighted by Crippen LogP contribution is 2.24.